The van der Waals surface area contributed by atoms with Crippen LogP contribution in [0.4, 0.5) is 4.79 Å². The van der Waals surface area contributed by atoms with Gasteiger partial charge < -0.3 is 19.9 Å². The predicted molar refractivity (Wildman–Crippen MR) is 99.6 cm³/mol. The van der Waals surface area contributed by atoms with Crippen molar-refractivity contribution in [2.75, 3.05) is 32.7 Å². The first-order chi connectivity index (χ1) is 12.2. The zero-order chi connectivity index (χ0) is 17.6. The normalized spacial score (nSPS) is 25.8. The molecule has 2 amide bonds. The third-order valence-corrected chi connectivity index (χ3v) is 5.17. The monoisotopic (exact) mass is 345 g/mol. The van der Waals surface area contributed by atoms with E-state index in [2.05, 4.69) is 29.3 Å². The van der Waals surface area contributed by atoms with Crippen LogP contribution in [0.25, 0.3) is 0 Å². The Balaban J connectivity index is 1.53. The van der Waals surface area contributed by atoms with Gasteiger partial charge in [-0.25, -0.2) is 4.79 Å². The SMILES string of the molecule is CCCN1CCC(NC(=O)N2C[C@@H](C)O[C@H](c3ccccc3)C2)CC1. The number of ether oxygens (including phenoxy) is 1. The summed E-state index contributed by atoms with van der Waals surface area (Å²) in [4.78, 5) is 17.2. The van der Waals surface area contributed by atoms with Crippen LogP contribution in [0.3, 0.4) is 0 Å². The van der Waals surface area contributed by atoms with E-state index in [4.69, 9.17) is 4.74 Å². The molecule has 0 bridgehead atoms. The highest BCUT2D eigenvalue weighted by Crippen LogP contribution is 2.25. The maximum absolute atomic E-state index is 12.7. The summed E-state index contributed by atoms with van der Waals surface area (Å²) in [6, 6.07) is 10.5. The molecular weight excluding hydrogens is 314 g/mol. The third kappa shape index (κ3) is 4.95. The van der Waals surface area contributed by atoms with E-state index in [0.717, 1.165) is 31.5 Å². The third-order valence-electron chi connectivity index (χ3n) is 5.17. The predicted octanol–water partition coefficient (Wildman–Crippen LogP) is 3.03. The van der Waals surface area contributed by atoms with Crippen LogP contribution in [0.15, 0.2) is 30.3 Å². The van der Waals surface area contributed by atoms with Crippen molar-refractivity contribution in [2.24, 2.45) is 0 Å². The summed E-state index contributed by atoms with van der Waals surface area (Å²) in [6.07, 6.45) is 3.31. The number of benzene rings is 1. The molecule has 0 radical (unpaired) electrons. The van der Waals surface area contributed by atoms with Crippen molar-refractivity contribution in [1.29, 1.82) is 0 Å². The fraction of sp³-hybridized carbons (Fsp3) is 0.650. The maximum Gasteiger partial charge on any atom is 0.317 e. The second-order valence-electron chi connectivity index (χ2n) is 7.32. The number of urea groups is 1. The van der Waals surface area contributed by atoms with Crippen molar-refractivity contribution in [3.63, 3.8) is 0 Å². The summed E-state index contributed by atoms with van der Waals surface area (Å²) in [5, 5.41) is 3.25. The number of likely N-dealkylation sites (tertiary alicyclic amines) is 1. The van der Waals surface area contributed by atoms with Gasteiger partial charge in [-0.3, -0.25) is 0 Å². The van der Waals surface area contributed by atoms with Crippen LogP contribution in [-0.4, -0.2) is 60.7 Å². The fourth-order valence-corrected chi connectivity index (χ4v) is 3.85. The number of nitrogens with one attached hydrogen (secondary N) is 1. The Hall–Kier alpha value is -1.59. The van der Waals surface area contributed by atoms with Crippen LogP contribution in [0.5, 0.6) is 0 Å². The van der Waals surface area contributed by atoms with Crippen molar-refractivity contribution in [3.05, 3.63) is 35.9 Å². The summed E-state index contributed by atoms with van der Waals surface area (Å²) in [5.74, 6) is 0. The molecule has 2 heterocycles. The molecule has 2 aliphatic heterocycles. The molecule has 25 heavy (non-hydrogen) atoms. The number of hydrogen-bond acceptors (Lipinski definition) is 3. The maximum atomic E-state index is 12.7. The van der Waals surface area contributed by atoms with E-state index in [0.29, 0.717) is 19.1 Å². The van der Waals surface area contributed by atoms with E-state index in [9.17, 15) is 4.79 Å². The molecule has 0 saturated carbocycles. The number of nitrogens with zero attached hydrogens (tertiary/aromatic N) is 2. The highest BCUT2D eigenvalue weighted by molar-refractivity contribution is 5.74. The second-order valence-corrected chi connectivity index (χ2v) is 7.32. The van der Waals surface area contributed by atoms with Crippen LogP contribution in [-0.2, 0) is 4.74 Å². The molecule has 0 aromatic heterocycles. The summed E-state index contributed by atoms with van der Waals surface area (Å²) in [7, 11) is 0. The van der Waals surface area contributed by atoms with Crippen LogP contribution in [0.2, 0.25) is 0 Å². The lowest BCUT2D eigenvalue weighted by Crippen LogP contribution is -2.53. The molecule has 2 atom stereocenters. The minimum absolute atomic E-state index is 0.0397. The van der Waals surface area contributed by atoms with Gasteiger partial charge in [-0.1, -0.05) is 37.3 Å². The minimum Gasteiger partial charge on any atom is -0.367 e. The lowest BCUT2D eigenvalue weighted by Gasteiger charge is -2.38. The molecule has 0 spiro atoms. The number of amides is 2. The lowest BCUT2D eigenvalue weighted by atomic mass is 10.0. The molecule has 0 unspecified atom stereocenters. The molecule has 5 heteroatoms. The number of morpholine rings is 1. The van der Waals surface area contributed by atoms with E-state index < -0.39 is 0 Å². The molecule has 0 aliphatic carbocycles. The van der Waals surface area contributed by atoms with Gasteiger partial charge in [-0.15, -0.1) is 0 Å². The number of hydrogen-bond donors (Lipinski definition) is 1. The number of carbonyl (C=O) groups is 1. The molecule has 1 N–H and O–H groups in total. The Kier molecular flexibility index (Phi) is 6.32. The topological polar surface area (TPSA) is 44.8 Å². The molecule has 1 aromatic rings. The summed E-state index contributed by atoms with van der Waals surface area (Å²) in [5.41, 5.74) is 1.14. The molecule has 2 aliphatic rings. The second kappa shape index (κ2) is 8.68. The highest BCUT2D eigenvalue weighted by Gasteiger charge is 2.30. The molecular formula is C20H31N3O2. The Labute approximate surface area is 151 Å². The van der Waals surface area contributed by atoms with E-state index >= 15 is 0 Å². The standard InChI is InChI=1S/C20H31N3O2/c1-3-11-22-12-9-18(10-13-22)21-20(24)23-14-16(2)25-19(15-23)17-7-5-4-6-8-17/h4-8,16,18-19H,3,9-15H2,1-2H3,(H,21,24)/t16-,19+/m1/s1. The van der Waals surface area contributed by atoms with Gasteiger partial charge in [0.2, 0.25) is 0 Å². The first-order valence-electron chi connectivity index (χ1n) is 9.64. The Bertz CT molecular complexity index is 543. The molecule has 2 saturated heterocycles. The Morgan fingerprint density at radius 1 is 1.20 bits per heavy atom. The van der Waals surface area contributed by atoms with E-state index in [1.807, 2.05) is 30.0 Å². The van der Waals surface area contributed by atoms with Gasteiger partial charge in [0, 0.05) is 25.7 Å². The smallest absolute Gasteiger partial charge is 0.317 e. The van der Waals surface area contributed by atoms with Gasteiger partial charge in [0.1, 0.15) is 6.10 Å². The fourth-order valence-electron chi connectivity index (χ4n) is 3.85. The van der Waals surface area contributed by atoms with Crippen LogP contribution in [0, 0.1) is 0 Å². The summed E-state index contributed by atoms with van der Waals surface area (Å²) in [6.45, 7) is 8.88. The number of piperidine rings is 1. The first-order valence-corrected chi connectivity index (χ1v) is 9.64. The van der Waals surface area contributed by atoms with Crippen molar-refractivity contribution in [1.82, 2.24) is 15.1 Å². The molecule has 138 valence electrons. The van der Waals surface area contributed by atoms with E-state index in [1.54, 1.807) is 0 Å². The van der Waals surface area contributed by atoms with Gasteiger partial charge in [0.25, 0.3) is 0 Å². The van der Waals surface area contributed by atoms with E-state index in [1.165, 1.54) is 13.0 Å². The zero-order valence-electron chi connectivity index (χ0n) is 15.5. The van der Waals surface area contributed by atoms with Gasteiger partial charge in [0.15, 0.2) is 0 Å². The van der Waals surface area contributed by atoms with E-state index in [-0.39, 0.29) is 18.2 Å². The number of carbonyl (C=O) groups excluding carboxylic acids is 1. The Morgan fingerprint density at radius 3 is 2.60 bits per heavy atom. The zero-order valence-corrected chi connectivity index (χ0v) is 15.5. The molecule has 3 rings (SSSR count). The van der Waals surface area contributed by atoms with Gasteiger partial charge in [0.05, 0.1) is 12.6 Å². The first kappa shape index (κ1) is 18.2. The van der Waals surface area contributed by atoms with Gasteiger partial charge in [-0.05, 0) is 38.3 Å². The lowest BCUT2D eigenvalue weighted by molar-refractivity contribution is -0.0660. The number of rotatable bonds is 4. The highest BCUT2D eigenvalue weighted by atomic mass is 16.5. The summed E-state index contributed by atoms with van der Waals surface area (Å²) >= 11 is 0. The largest absolute Gasteiger partial charge is 0.367 e. The molecule has 5 nitrogen and oxygen atoms in total. The summed E-state index contributed by atoms with van der Waals surface area (Å²) < 4.78 is 6.06. The van der Waals surface area contributed by atoms with Crippen molar-refractivity contribution in [3.8, 4) is 0 Å². The quantitative estimate of drug-likeness (QED) is 0.912. The van der Waals surface area contributed by atoms with Gasteiger partial charge in [-0.2, -0.15) is 0 Å². The molecule has 2 fully saturated rings. The van der Waals surface area contributed by atoms with Crippen LogP contribution in [0.1, 0.15) is 44.8 Å². The van der Waals surface area contributed by atoms with Crippen molar-refractivity contribution >= 4 is 6.03 Å². The van der Waals surface area contributed by atoms with Crippen LogP contribution < -0.4 is 5.32 Å². The van der Waals surface area contributed by atoms with Crippen molar-refractivity contribution < 1.29 is 9.53 Å². The van der Waals surface area contributed by atoms with Crippen LogP contribution >= 0.6 is 0 Å². The average molecular weight is 345 g/mol. The average Bonchev–Trinajstić information content (AvgIpc) is 2.64. The van der Waals surface area contributed by atoms with Crippen molar-refractivity contribution in [2.45, 2.75) is 51.4 Å². The minimum atomic E-state index is -0.0397. The molecule has 1 aromatic carbocycles. The Morgan fingerprint density at radius 2 is 1.92 bits per heavy atom. The van der Waals surface area contributed by atoms with Gasteiger partial charge >= 0.3 is 6.03 Å².